The largest absolute Gasteiger partial charge is 0.352 e. The second-order valence-corrected chi connectivity index (χ2v) is 6.06. The fraction of sp³-hybridized carbons (Fsp3) is 0.385. The summed E-state index contributed by atoms with van der Waals surface area (Å²) in [5.41, 5.74) is 0.884. The first-order valence-corrected chi connectivity index (χ1v) is 7.43. The van der Waals surface area contributed by atoms with Crippen LogP contribution < -0.4 is 5.32 Å². The highest BCUT2D eigenvalue weighted by molar-refractivity contribution is 8.00. The number of amides is 1. The van der Waals surface area contributed by atoms with Crippen molar-refractivity contribution in [2.45, 2.75) is 36.2 Å². The normalized spacial score (nSPS) is 15.8. The van der Waals surface area contributed by atoms with Crippen LogP contribution in [0.1, 0.15) is 19.8 Å². The summed E-state index contributed by atoms with van der Waals surface area (Å²) in [7, 11) is 0. The van der Waals surface area contributed by atoms with Crippen molar-refractivity contribution in [3.8, 4) is 5.69 Å². The monoisotopic (exact) mass is 289 g/mol. The lowest BCUT2D eigenvalue weighted by Gasteiger charge is -2.10. The third kappa shape index (κ3) is 2.98. The smallest absolute Gasteiger partial charge is 0.233 e. The van der Waals surface area contributed by atoms with Gasteiger partial charge in [0.15, 0.2) is 0 Å². The van der Waals surface area contributed by atoms with Crippen molar-refractivity contribution in [2.75, 3.05) is 0 Å². The van der Waals surface area contributed by atoms with Gasteiger partial charge in [-0.05, 0) is 42.3 Å². The van der Waals surface area contributed by atoms with Gasteiger partial charge in [0, 0.05) is 6.04 Å². The number of nitrogens with one attached hydrogen (secondary N) is 1. The predicted octanol–water partition coefficient (Wildman–Crippen LogP) is 1.42. The predicted molar refractivity (Wildman–Crippen MR) is 75.6 cm³/mol. The summed E-state index contributed by atoms with van der Waals surface area (Å²) in [6, 6.07) is 10.0. The van der Waals surface area contributed by atoms with E-state index in [0.717, 1.165) is 18.5 Å². The molecule has 0 radical (unpaired) electrons. The van der Waals surface area contributed by atoms with Gasteiger partial charge in [0.1, 0.15) is 0 Å². The third-order valence-electron chi connectivity index (χ3n) is 3.02. The van der Waals surface area contributed by atoms with Gasteiger partial charge >= 0.3 is 0 Å². The Kier molecular flexibility index (Phi) is 3.68. The molecular formula is C13H15N5OS. The number of nitrogens with zero attached hydrogens (tertiary/aromatic N) is 4. The maximum absolute atomic E-state index is 12.0. The highest BCUT2D eigenvalue weighted by atomic mass is 32.2. The van der Waals surface area contributed by atoms with Crippen LogP contribution in [0.5, 0.6) is 0 Å². The Morgan fingerprint density at radius 1 is 1.40 bits per heavy atom. The molecule has 1 saturated carbocycles. The maximum Gasteiger partial charge on any atom is 0.233 e. The second kappa shape index (κ2) is 5.62. The molecule has 1 N–H and O–H groups in total. The molecule has 2 aromatic rings. The molecule has 6 nitrogen and oxygen atoms in total. The fourth-order valence-electron chi connectivity index (χ4n) is 1.74. The number of tetrazole rings is 1. The Hall–Kier alpha value is -1.89. The van der Waals surface area contributed by atoms with E-state index in [1.807, 2.05) is 37.3 Å². The molecule has 104 valence electrons. The average molecular weight is 289 g/mol. The van der Waals surface area contributed by atoms with Gasteiger partial charge in [-0.1, -0.05) is 30.0 Å². The Labute approximate surface area is 120 Å². The Morgan fingerprint density at radius 3 is 2.85 bits per heavy atom. The van der Waals surface area contributed by atoms with Gasteiger partial charge in [-0.25, -0.2) is 0 Å². The SMILES string of the molecule is C[C@H](Sc1nnnn1-c1ccccc1)C(=O)NC1CC1. The first-order chi connectivity index (χ1) is 9.74. The van der Waals surface area contributed by atoms with Gasteiger partial charge in [-0.15, -0.1) is 5.10 Å². The highest BCUT2D eigenvalue weighted by Crippen LogP contribution is 2.24. The standard InChI is InChI=1S/C13H15N5OS/c1-9(12(19)14-10-7-8-10)20-13-15-16-17-18(13)11-5-3-2-4-6-11/h2-6,9-10H,7-8H2,1H3,(H,14,19)/t9-/m0/s1. The topological polar surface area (TPSA) is 72.7 Å². The van der Waals surface area contributed by atoms with Gasteiger partial charge < -0.3 is 5.32 Å². The molecule has 1 fully saturated rings. The number of hydrogen-bond acceptors (Lipinski definition) is 5. The highest BCUT2D eigenvalue weighted by Gasteiger charge is 2.27. The van der Waals surface area contributed by atoms with Gasteiger partial charge in [0.2, 0.25) is 11.1 Å². The summed E-state index contributed by atoms with van der Waals surface area (Å²) in [5.74, 6) is 0.0418. The zero-order valence-electron chi connectivity index (χ0n) is 11.1. The molecule has 1 aliphatic rings. The molecule has 1 aromatic carbocycles. The number of rotatable bonds is 5. The van der Waals surface area contributed by atoms with Gasteiger partial charge in [0.05, 0.1) is 10.9 Å². The molecule has 0 saturated heterocycles. The van der Waals surface area contributed by atoms with E-state index >= 15 is 0 Å². The zero-order valence-corrected chi connectivity index (χ0v) is 11.9. The minimum absolute atomic E-state index is 0.0418. The zero-order chi connectivity index (χ0) is 13.9. The van der Waals surface area contributed by atoms with E-state index in [1.54, 1.807) is 4.68 Å². The number of carbonyl (C=O) groups excluding carboxylic acids is 1. The lowest BCUT2D eigenvalue weighted by Crippen LogP contribution is -2.32. The Morgan fingerprint density at radius 2 is 2.15 bits per heavy atom. The maximum atomic E-state index is 12.0. The van der Waals surface area contributed by atoms with E-state index in [2.05, 4.69) is 20.8 Å². The van der Waals surface area contributed by atoms with Crippen molar-refractivity contribution in [2.24, 2.45) is 0 Å². The minimum Gasteiger partial charge on any atom is -0.352 e. The number of hydrogen-bond donors (Lipinski definition) is 1. The molecule has 1 aromatic heterocycles. The van der Waals surface area contributed by atoms with Gasteiger partial charge in [-0.3, -0.25) is 4.79 Å². The van der Waals surface area contributed by atoms with Crippen molar-refractivity contribution in [1.29, 1.82) is 0 Å². The number of para-hydroxylation sites is 1. The molecule has 3 rings (SSSR count). The molecule has 7 heteroatoms. The number of aromatic nitrogens is 4. The first-order valence-electron chi connectivity index (χ1n) is 6.55. The van der Waals surface area contributed by atoms with Crippen LogP contribution >= 0.6 is 11.8 Å². The number of carbonyl (C=O) groups is 1. The Balaban J connectivity index is 1.71. The van der Waals surface area contributed by atoms with Gasteiger partial charge in [-0.2, -0.15) is 4.68 Å². The quantitative estimate of drug-likeness (QED) is 0.843. The molecule has 0 aliphatic heterocycles. The van der Waals surface area contributed by atoms with Crippen LogP contribution in [0.15, 0.2) is 35.5 Å². The lowest BCUT2D eigenvalue weighted by atomic mass is 10.3. The average Bonchev–Trinajstić information content (AvgIpc) is 3.16. The van der Waals surface area contributed by atoms with Crippen molar-refractivity contribution >= 4 is 17.7 Å². The van der Waals surface area contributed by atoms with E-state index in [0.29, 0.717) is 11.2 Å². The van der Waals surface area contributed by atoms with Crippen molar-refractivity contribution in [1.82, 2.24) is 25.5 Å². The molecule has 0 bridgehead atoms. The van der Waals surface area contributed by atoms with E-state index in [-0.39, 0.29) is 11.2 Å². The van der Waals surface area contributed by atoms with Crippen LogP contribution in [0.25, 0.3) is 5.69 Å². The van der Waals surface area contributed by atoms with Crippen LogP contribution in [0.4, 0.5) is 0 Å². The summed E-state index contributed by atoms with van der Waals surface area (Å²) >= 11 is 1.36. The van der Waals surface area contributed by atoms with E-state index in [4.69, 9.17) is 0 Å². The molecule has 1 heterocycles. The fourth-order valence-corrected chi connectivity index (χ4v) is 2.56. The van der Waals surface area contributed by atoms with Crippen LogP contribution in [0.2, 0.25) is 0 Å². The molecule has 0 unspecified atom stereocenters. The summed E-state index contributed by atoms with van der Waals surface area (Å²) in [5, 5.41) is 15.1. The van der Waals surface area contributed by atoms with Crippen molar-refractivity contribution < 1.29 is 4.79 Å². The Bertz CT molecular complexity index is 596. The molecule has 1 atom stereocenters. The minimum atomic E-state index is -0.218. The molecule has 20 heavy (non-hydrogen) atoms. The van der Waals surface area contributed by atoms with Crippen LogP contribution in [-0.4, -0.2) is 37.4 Å². The first kappa shape index (κ1) is 13.1. The summed E-state index contributed by atoms with van der Waals surface area (Å²) < 4.78 is 1.64. The van der Waals surface area contributed by atoms with Crippen molar-refractivity contribution in [3.63, 3.8) is 0 Å². The lowest BCUT2D eigenvalue weighted by molar-refractivity contribution is -0.120. The summed E-state index contributed by atoms with van der Waals surface area (Å²) in [6.07, 6.45) is 2.18. The summed E-state index contributed by atoms with van der Waals surface area (Å²) in [6.45, 7) is 1.87. The van der Waals surface area contributed by atoms with Crippen molar-refractivity contribution in [3.05, 3.63) is 30.3 Å². The number of thioether (sulfide) groups is 1. The molecular weight excluding hydrogens is 274 g/mol. The van der Waals surface area contributed by atoms with Crippen LogP contribution in [-0.2, 0) is 4.79 Å². The number of benzene rings is 1. The summed E-state index contributed by atoms with van der Waals surface area (Å²) in [4.78, 5) is 12.0. The van der Waals surface area contributed by atoms with Crippen LogP contribution in [0.3, 0.4) is 0 Å². The molecule has 1 amide bonds. The molecule has 0 spiro atoms. The van der Waals surface area contributed by atoms with Crippen LogP contribution in [0, 0.1) is 0 Å². The van der Waals surface area contributed by atoms with E-state index in [1.165, 1.54) is 11.8 Å². The van der Waals surface area contributed by atoms with E-state index < -0.39 is 0 Å². The van der Waals surface area contributed by atoms with Gasteiger partial charge in [0.25, 0.3) is 0 Å². The third-order valence-corrected chi connectivity index (χ3v) is 4.05. The second-order valence-electron chi connectivity index (χ2n) is 4.75. The molecule has 1 aliphatic carbocycles. The van der Waals surface area contributed by atoms with E-state index in [9.17, 15) is 4.79 Å².